The van der Waals surface area contributed by atoms with Gasteiger partial charge in [-0.3, -0.25) is 0 Å². The fourth-order valence-electron chi connectivity index (χ4n) is 3.68. The van der Waals surface area contributed by atoms with E-state index in [-0.39, 0.29) is 6.61 Å². The lowest BCUT2D eigenvalue weighted by Crippen LogP contribution is -2.41. The van der Waals surface area contributed by atoms with Gasteiger partial charge in [0.25, 0.3) is 0 Å². The maximum atomic E-state index is 10.1. The number of aliphatic hydroxyl groups excluding tert-OH is 3. The van der Waals surface area contributed by atoms with Crippen LogP contribution in [0.15, 0.2) is 0 Å². The van der Waals surface area contributed by atoms with Gasteiger partial charge in [0.1, 0.15) is 18.3 Å². The molecule has 3 N–H and O–H groups in total. The Labute approximate surface area is 176 Å². The zero-order valence-electron chi connectivity index (χ0n) is 17.7. The van der Waals surface area contributed by atoms with Crippen molar-refractivity contribution >= 4 is 17.3 Å². The van der Waals surface area contributed by atoms with Gasteiger partial charge in [-0.05, 0) is 18.6 Å². The molecule has 5 nitrogen and oxygen atoms in total. The molecular weight excluding hydrogens is 376 g/mol. The van der Waals surface area contributed by atoms with E-state index in [0.29, 0.717) is 11.5 Å². The largest absolute Gasteiger partial charge is 0.479 e. The quantitative estimate of drug-likeness (QED) is 0.241. The first-order valence-electron chi connectivity index (χ1n) is 11.4. The highest BCUT2D eigenvalue weighted by Crippen LogP contribution is 2.21. The fraction of sp³-hybridized carbons (Fsp3) is 0.955. The summed E-state index contributed by atoms with van der Waals surface area (Å²) in [6, 6.07) is 0. The maximum absolute atomic E-state index is 10.1. The number of ether oxygens (including phenoxy) is 2. The van der Waals surface area contributed by atoms with Crippen LogP contribution in [-0.2, 0) is 9.47 Å². The summed E-state index contributed by atoms with van der Waals surface area (Å²) in [6.07, 6.45) is 14.3. The van der Waals surface area contributed by atoms with Crippen molar-refractivity contribution in [1.29, 1.82) is 0 Å². The highest BCUT2D eigenvalue weighted by molar-refractivity contribution is 7.80. The minimum Gasteiger partial charge on any atom is -0.479 e. The van der Waals surface area contributed by atoms with Crippen molar-refractivity contribution in [3.63, 3.8) is 0 Å². The lowest BCUT2D eigenvalue weighted by Gasteiger charge is -2.21. The molecule has 0 aromatic rings. The van der Waals surface area contributed by atoms with Gasteiger partial charge in [0.2, 0.25) is 0 Å². The average Bonchev–Trinajstić information content (AvgIpc) is 3.05. The van der Waals surface area contributed by atoms with Crippen LogP contribution in [0.25, 0.3) is 0 Å². The molecule has 0 bridgehead atoms. The van der Waals surface area contributed by atoms with E-state index >= 15 is 0 Å². The number of hydrogen-bond acceptors (Lipinski definition) is 6. The number of hydrogen-bond donors (Lipinski definition) is 3. The second-order valence-corrected chi connectivity index (χ2v) is 8.51. The molecule has 4 atom stereocenters. The van der Waals surface area contributed by atoms with Crippen LogP contribution in [0.2, 0.25) is 0 Å². The van der Waals surface area contributed by atoms with Gasteiger partial charge in [-0.1, -0.05) is 84.0 Å². The van der Waals surface area contributed by atoms with Crippen LogP contribution in [0.4, 0.5) is 0 Å². The Morgan fingerprint density at radius 3 is 1.96 bits per heavy atom. The first-order valence-corrected chi connectivity index (χ1v) is 11.8. The molecular formula is C22H42O5S. The molecule has 1 aliphatic rings. The molecule has 1 aliphatic heterocycles. The molecule has 0 unspecified atom stereocenters. The van der Waals surface area contributed by atoms with E-state index in [4.69, 9.17) is 26.8 Å². The molecule has 0 aromatic carbocycles. The third kappa shape index (κ3) is 11.1. The van der Waals surface area contributed by atoms with Gasteiger partial charge in [0, 0.05) is 6.42 Å². The van der Waals surface area contributed by atoms with Crippen LogP contribution in [0.1, 0.15) is 96.8 Å². The smallest absolute Gasteiger partial charge is 0.160 e. The number of aliphatic hydroxyl groups is 3. The van der Waals surface area contributed by atoms with Gasteiger partial charge in [-0.25, -0.2) is 0 Å². The molecule has 1 saturated heterocycles. The van der Waals surface area contributed by atoms with Crippen LogP contribution in [0, 0.1) is 0 Å². The molecule has 28 heavy (non-hydrogen) atoms. The van der Waals surface area contributed by atoms with Crippen molar-refractivity contribution < 1.29 is 24.8 Å². The summed E-state index contributed by atoms with van der Waals surface area (Å²) in [4.78, 5) is 0. The molecule has 6 heteroatoms. The summed E-state index contributed by atoms with van der Waals surface area (Å²) in [6.45, 7) is 2.00. The Morgan fingerprint density at radius 2 is 1.46 bits per heavy atom. The first-order chi connectivity index (χ1) is 13.6. The molecule has 0 amide bonds. The molecule has 1 fully saturated rings. The maximum Gasteiger partial charge on any atom is 0.160 e. The van der Waals surface area contributed by atoms with E-state index in [1.54, 1.807) is 0 Å². The second kappa shape index (κ2) is 16.5. The topological polar surface area (TPSA) is 79.2 Å². The molecule has 0 radical (unpaired) electrons. The molecule has 0 saturated carbocycles. The van der Waals surface area contributed by atoms with E-state index < -0.39 is 31.0 Å². The standard InChI is InChI=1S/C22H42O5S/c1-2-3-4-5-6-7-8-9-10-11-12-13-14-15-20(28)27-19-17-26-22(21(19)25)18(24)16-23/h18-19,21-25H,2-17H2,1H3/t18-,19+,21-,22-/m1/s1. The van der Waals surface area contributed by atoms with Gasteiger partial charge in [0.05, 0.1) is 13.2 Å². The lowest BCUT2D eigenvalue weighted by atomic mass is 10.0. The predicted octanol–water partition coefficient (Wildman–Crippen LogP) is 4.29. The monoisotopic (exact) mass is 418 g/mol. The summed E-state index contributed by atoms with van der Waals surface area (Å²) in [7, 11) is 0. The SMILES string of the molecule is CCCCCCCCCCCCCCCC(=S)O[C@H]1CO[C@H]([C@H](O)CO)[C@@H]1O. The van der Waals surface area contributed by atoms with Gasteiger partial charge in [-0.2, -0.15) is 0 Å². The zero-order chi connectivity index (χ0) is 20.6. The molecule has 0 spiro atoms. The fourth-order valence-corrected chi connectivity index (χ4v) is 3.94. The van der Waals surface area contributed by atoms with Crippen LogP contribution < -0.4 is 0 Å². The van der Waals surface area contributed by atoms with E-state index in [9.17, 15) is 10.2 Å². The Kier molecular flexibility index (Phi) is 15.2. The van der Waals surface area contributed by atoms with Crippen molar-refractivity contribution in [3.8, 4) is 0 Å². The Bertz CT molecular complexity index is 393. The molecule has 0 aromatic heterocycles. The molecule has 1 rings (SSSR count). The van der Waals surface area contributed by atoms with Gasteiger partial charge in [-0.15, -0.1) is 0 Å². The molecule has 166 valence electrons. The van der Waals surface area contributed by atoms with E-state index in [2.05, 4.69) is 6.92 Å². The van der Waals surface area contributed by atoms with Crippen molar-refractivity contribution in [2.45, 2.75) is 121 Å². The third-order valence-corrected chi connectivity index (χ3v) is 5.80. The molecule has 1 heterocycles. The Hall–Kier alpha value is -0.270. The Balaban J connectivity index is 1.92. The summed E-state index contributed by atoms with van der Waals surface area (Å²) in [5, 5.41) is 29.2. The average molecular weight is 419 g/mol. The minimum atomic E-state index is -1.10. The van der Waals surface area contributed by atoms with Crippen molar-refractivity contribution in [3.05, 3.63) is 0 Å². The van der Waals surface area contributed by atoms with Crippen LogP contribution in [0.3, 0.4) is 0 Å². The molecule has 0 aliphatic carbocycles. The van der Waals surface area contributed by atoms with E-state index in [1.807, 2.05) is 0 Å². The van der Waals surface area contributed by atoms with Gasteiger partial charge < -0.3 is 24.8 Å². The summed E-state index contributed by atoms with van der Waals surface area (Å²) >= 11 is 5.26. The van der Waals surface area contributed by atoms with Crippen molar-refractivity contribution in [2.24, 2.45) is 0 Å². The minimum absolute atomic E-state index is 0.182. The normalized spacial score (nSPS) is 23.1. The van der Waals surface area contributed by atoms with Crippen LogP contribution in [0.5, 0.6) is 0 Å². The number of rotatable bonds is 17. The van der Waals surface area contributed by atoms with E-state index in [0.717, 1.165) is 12.8 Å². The van der Waals surface area contributed by atoms with E-state index in [1.165, 1.54) is 70.6 Å². The second-order valence-electron chi connectivity index (χ2n) is 8.06. The number of thiocarbonyl (C=S) groups is 1. The van der Waals surface area contributed by atoms with Crippen LogP contribution >= 0.6 is 12.2 Å². The van der Waals surface area contributed by atoms with Crippen molar-refractivity contribution in [2.75, 3.05) is 13.2 Å². The highest BCUT2D eigenvalue weighted by Gasteiger charge is 2.41. The van der Waals surface area contributed by atoms with Gasteiger partial charge in [0.15, 0.2) is 11.2 Å². The first kappa shape index (κ1) is 25.8. The summed E-state index contributed by atoms with van der Waals surface area (Å²) in [5.41, 5.74) is 0. The lowest BCUT2D eigenvalue weighted by molar-refractivity contribution is -0.0679. The number of unbranched alkanes of at least 4 members (excludes halogenated alkanes) is 12. The van der Waals surface area contributed by atoms with Crippen LogP contribution in [-0.4, -0.2) is 58.0 Å². The van der Waals surface area contributed by atoms with Crippen molar-refractivity contribution in [1.82, 2.24) is 0 Å². The summed E-state index contributed by atoms with van der Waals surface area (Å²) in [5.74, 6) is 0. The zero-order valence-corrected chi connectivity index (χ0v) is 18.5. The highest BCUT2D eigenvalue weighted by atomic mass is 32.1. The Morgan fingerprint density at radius 1 is 0.964 bits per heavy atom. The third-order valence-electron chi connectivity index (χ3n) is 5.50. The summed E-state index contributed by atoms with van der Waals surface area (Å²) < 4.78 is 10.9. The van der Waals surface area contributed by atoms with Gasteiger partial charge >= 0.3 is 0 Å². The predicted molar refractivity (Wildman–Crippen MR) is 117 cm³/mol.